The summed E-state index contributed by atoms with van der Waals surface area (Å²) in [5.74, 6) is -0.569. The topological polar surface area (TPSA) is 67.4 Å². The molecule has 7 heteroatoms. The molecule has 1 aliphatic rings. The SMILES string of the molecule is CNCc1ccc(F)cc1S(=O)(=O)NC1(C)CCCOC1. The van der Waals surface area contributed by atoms with Crippen LogP contribution < -0.4 is 10.0 Å². The van der Waals surface area contributed by atoms with E-state index in [1.165, 1.54) is 12.1 Å². The minimum absolute atomic E-state index is 0.0244. The van der Waals surface area contributed by atoms with Gasteiger partial charge in [-0.1, -0.05) is 6.07 Å². The van der Waals surface area contributed by atoms with Crippen molar-refractivity contribution < 1.29 is 17.5 Å². The predicted molar refractivity (Wildman–Crippen MR) is 77.9 cm³/mol. The van der Waals surface area contributed by atoms with E-state index in [0.717, 1.165) is 12.5 Å². The number of hydrogen-bond donors (Lipinski definition) is 2. The number of nitrogens with one attached hydrogen (secondary N) is 2. The molecule has 0 amide bonds. The third-order valence-electron chi connectivity index (χ3n) is 3.50. The first-order valence-corrected chi connectivity index (χ1v) is 8.39. The van der Waals surface area contributed by atoms with Crippen LogP contribution >= 0.6 is 0 Å². The first-order valence-electron chi connectivity index (χ1n) is 6.91. The molecule has 2 rings (SSSR count). The number of benzene rings is 1. The van der Waals surface area contributed by atoms with Crippen LogP contribution in [0.2, 0.25) is 0 Å². The summed E-state index contributed by atoms with van der Waals surface area (Å²) in [5.41, 5.74) is -0.118. The first-order chi connectivity index (χ1) is 9.86. The Kier molecular flexibility index (Phi) is 4.98. The quantitative estimate of drug-likeness (QED) is 0.861. The van der Waals surface area contributed by atoms with Gasteiger partial charge >= 0.3 is 0 Å². The lowest BCUT2D eigenvalue weighted by Crippen LogP contribution is -2.51. The maximum Gasteiger partial charge on any atom is 0.241 e. The van der Waals surface area contributed by atoms with Crippen molar-refractivity contribution in [1.82, 2.24) is 10.0 Å². The van der Waals surface area contributed by atoms with Crippen LogP contribution in [0.3, 0.4) is 0 Å². The van der Waals surface area contributed by atoms with Gasteiger partial charge in [-0.25, -0.2) is 17.5 Å². The Labute approximate surface area is 124 Å². The molecule has 1 saturated heterocycles. The highest BCUT2D eigenvalue weighted by molar-refractivity contribution is 7.89. The summed E-state index contributed by atoms with van der Waals surface area (Å²) in [7, 11) is -2.09. The van der Waals surface area contributed by atoms with Crippen molar-refractivity contribution in [3.8, 4) is 0 Å². The maximum atomic E-state index is 13.5. The molecule has 1 heterocycles. The summed E-state index contributed by atoms with van der Waals surface area (Å²) >= 11 is 0. The minimum Gasteiger partial charge on any atom is -0.380 e. The van der Waals surface area contributed by atoms with Crippen LogP contribution in [0, 0.1) is 5.82 Å². The Hall–Kier alpha value is -1.02. The number of sulfonamides is 1. The van der Waals surface area contributed by atoms with Gasteiger partial charge in [-0.05, 0) is 44.5 Å². The highest BCUT2D eigenvalue weighted by Gasteiger charge is 2.33. The van der Waals surface area contributed by atoms with E-state index < -0.39 is 21.4 Å². The Morgan fingerprint density at radius 3 is 2.81 bits per heavy atom. The molecule has 1 aromatic carbocycles. The summed E-state index contributed by atoms with van der Waals surface area (Å²) in [5, 5.41) is 2.89. The van der Waals surface area contributed by atoms with Gasteiger partial charge in [0.25, 0.3) is 0 Å². The van der Waals surface area contributed by atoms with Crippen molar-refractivity contribution in [2.75, 3.05) is 20.3 Å². The molecule has 2 N–H and O–H groups in total. The predicted octanol–water partition coefficient (Wildman–Crippen LogP) is 1.39. The van der Waals surface area contributed by atoms with Crippen molar-refractivity contribution in [1.29, 1.82) is 0 Å². The van der Waals surface area contributed by atoms with Crippen LogP contribution in [0.25, 0.3) is 0 Å². The van der Waals surface area contributed by atoms with Gasteiger partial charge in [0.05, 0.1) is 17.0 Å². The van der Waals surface area contributed by atoms with Crippen molar-refractivity contribution in [3.63, 3.8) is 0 Å². The van der Waals surface area contributed by atoms with E-state index >= 15 is 0 Å². The summed E-state index contributed by atoms with van der Waals surface area (Å²) in [6.07, 6.45) is 1.49. The summed E-state index contributed by atoms with van der Waals surface area (Å²) in [6.45, 7) is 3.12. The Morgan fingerprint density at radius 1 is 1.43 bits per heavy atom. The largest absolute Gasteiger partial charge is 0.380 e. The molecular formula is C14H21FN2O3S. The molecule has 0 aliphatic carbocycles. The van der Waals surface area contributed by atoms with Crippen molar-refractivity contribution in [2.24, 2.45) is 0 Å². The molecule has 1 atom stereocenters. The molecule has 1 aliphatic heterocycles. The molecular weight excluding hydrogens is 295 g/mol. The molecule has 0 saturated carbocycles. The first kappa shape index (κ1) is 16.4. The highest BCUT2D eigenvalue weighted by atomic mass is 32.2. The molecule has 21 heavy (non-hydrogen) atoms. The number of ether oxygens (including phenoxy) is 1. The minimum atomic E-state index is -3.80. The fraction of sp³-hybridized carbons (Fsp3) is 0.571. The second-order valence-electron chi connectivity index (χ2n) is 5.60. The molecule has 1 unspecified atom stereocenters. The smallest absolute Gasteiger partial charge is 0.241 e. The van der Waals surface area contributed by atoms with E-state index in [0.29, 0.717) is 31.7 Å². The summed E-state index contributed by atoms with van der Waals surface area (Å²) < 4.78 is 46.7. The van der Waals surface area contributed by atoms with Gasteiger partial charge in [0.15, 0.2) is 0 Å². The van der Waals surface area contributed by atoms with E-state index in [2.05, 4.69) is 10.0 Å². The van der Waals surface area contributed by atoms with Gasteiger partial charge in [0.2, 0.25) is 10.0 Å². The van der Waals surface area contributed by atoms with Crippen LogP contribution in [0.15, 0.2) is 23.1 Å². The van der Waals surface area contributed by atoms with Crippen LogP contribution in [0.1, 0.15) is 25.3 Å². The van der Waals surface area contributed by atoms with Crippen molar-refractivity contribution in [3.05, 3.63) is 29.6 Å². The molecule has 5 nitrogen and oxygen atoms in total. The highest BCUT2D eigenvalue weighted by Crippen LogP contribution is 2.24. The van der Waals surface area contributed by atoms with Crippen molar-refractivity contribution in [2.45, 2.75) is 36.7 Å². The molecule has 1 fully saturated rings. The van der Waals surface area contributed by atoms with Crippen LogP contribution in [-0.4, -0.2) is 34.2 Å². The van der Waals surface area contributed by atoms with E-state index in [9.17, 15) is 12.8 Å². The molecule has 0 aromatic heterocycles. The fourth-order valence-corrected chi connectivity index (χ4v) is 4.18. The molecule has 0 bridgehead atoms. The van der Waals surface area contributed by atoms with Gasteiger partial charge < -0.3 is 10.1 Å². The normalized spacial score (nSPS) is 23.2. The van der Waals surface area contributed by atoms with Gasteiger partial charge in [0, 0.05) is 13.2 Å². The second-order valence-corrected chi connectivity index (χ2v) is 7.26. The zero-order valence-corrected chi connectivity index (χ0v) is 13.1. The van der Waals surface area contributed by atoms with Crippen LogP contribution in [0.5, 0.6) is 0 Å². The average molecular weight is 316 g/mol. The Balaban J connectivity index is 2.32. The monoisotopic (exact) mass is 316 g/mol. The zero-order chi connectivity index (χ0) is 15.5. The second kappa shape index (κ2) is 6.39. The third-order valence-corrected chi connectivity index (χ3v) is 5.23. The van der Waals surface area contributed by atoms with E-state index in [4.69, 9.17) is 4.74 Å². The number of hydrogen-bond acceptors (Lipinski definition) is 4. The standard InChI is InChI=1S/C14H21FN2O3S/c1-14(6-3-7-20-10-14)17-21(18,19)13-8-12(15)5-4-11(13)9-16-2/h4-5,8,16-17H,3,6-7,9-10H2,1-2H3. The van der Waals surface area contributed by atoms with Crippen LogP contribution in [0.4, 0.5) is 4.39 Å². The van der Waals surface area contributed by atoms with Crippen LogP contribution in [-0.2, 0) is 21.3 Å². The molecule has 118 valence electrons. The van der Waals surface area contributed by atoms with Gasteiger partial charge in [0.1, 0.15) is 5.82 Å². The Bertz CT molecular complexity index is 598. The molecule has 0 spiro atoms. The maximum absolute atomic E-state index is 13.5. The third kappa shape index (κ3) is 4.00. The fourth-order valence-electron chi connectivity index (χ4n) is 2.51. The zero-order valence-electron chi connectivity index (χ0n) is 12.3. The lowest BCUT2D eigenvalue weighted by atomic mass is 9.97. The van der Waals surface area contributed by atoms with E-state index in [-0.39, 0.29) is 4.90 Å². The summed E-state index contributed by atoms with van der Waals surface area (Å²) in [4.78, 5) is -0.0244. The lowest BCUT2D eigenvalue weighted by Gasteiger charge is -2.34. The number of rotatable bonds is 5. The van der Waals surface area contributed by atoms with E-state index in [1.54, 1.807) is 14.0 Å². The van der Waals surface area contributed by atoms with Gasteiger partial charge in [-0.2, -0.15) is 0 Å². The molecule has 1 aromatic rings. The van der Waals surface area contributed by atoms with Gasteiger partial charge in [-0.3, -0.25) is 0 Å². The van der Waals surface area contributed by atoms with Gasteiger partial charge in [-0.15, -0.1) is 0 Å². The molecule has 0 radical (unpaired) electrons. The van der Waals surface area contributed by atoms with E-state index in [1.807, 2.05) is 0 Å². The average Bonchev–Trinajstić information content (AvgIpc) is 2.40. The van der Waals surface area contributed by atoms with Crippen molar-refractivity contribution >= 4 is 10.0 Å². The number of halogens is 1. The Morgan fingerprint density at radius 2 is 2.19 bits per heavy atom. The summed E-state index contributed by atoms with van der Waals surface area (Å²) in [6, 6.07) is 3.80. The lowest BCUT2D eigenvalue weighted by molar-refractivity contribution is 0.0386.